The van der Waals surface area contributed by atoms with Crippen LogP contribution in [-0.4, -0.2) is 9.97 Å². The van der Waals surface area contributed by atoms with Crippen LogP contribution in [0.15, 0.2) is 59.4 Å². The van der Waals surface area contributed by atoms with Gasteiger partial charge in [0, 0.05) is 0 Å². The van der Waals surface area contributed by atoms with Crippen molar-refractivity contribution in [3.05, 3.63) is 88.0 Å². The number of fused-ring (bicyclic) bond motifs is 2. The summed E-state index contributed by atoms with van der Waals surface area (Å²) in [5, 5.41) is 2.46. The minimum atomic E-state index is -0.923. The van der Waals surface area contributed by atoms with Crippen molar-refractivity contribution >= 4 is 33.8 Å². The van der Waals surface area contributed by atoms with E-state index in [1.54, 1.807) is 18.2 Å². The van der Waals surface area contributed by atoms with Crippen molar-refractivity contribution in [1.82, 2.24) is 9.97 Å². The molecule has 0 amide bonds. The SMILES string of the molecule is O=c1[nH]c(C=Cc2ccc(F)c(F)c2)nc2cc3ccccc3cc12. The van der Waals surface area contributed by atoms with Crippen LogP contribution in [0, 0.1) is 11.6 Å². The average Bonchev–Trinajstić information content (AvgIpc) is 2.61. The van der Waals surface area contributed by atoms with Crippen molar-refractivity contribution in [2.24, 2.45) is 0 Å². The van der Waals surface area contributed by atoms with Crippen molar-refractivity contribution in [3.8, 4) is 0 Å². The monoisotopic (exact) mass is 334 g/mol. The van der Waals surface area contributed by atoms with Crippen LogP contribution in [0.2, 0.25) is 0 Å². The van der Waals surface area contributed by atoms with Crippen LogP contribution >= 0.6 is 0 Å². The van der Waals surface area contributed by atoms with Gasteiger partial charge in [-0.15, -0.1) is 0 Å². The molecule has 4 aromatic rings. The third kappa shape index (κ3) is 2.92. The molecule has 1 heterocycles. The van der Waals surface area contributed by atoms with E-state index in [2.05, 4.69) is 9.97 Å². The first kappa shape index (κ1) is 15.2. The summed E-state index contributed by atoms with van der Waals surface area (Å²) in [5.74, 6) is -1.48. The summed E-state index contributed by atoms with van der Waals surface area (Å²) in [6.45, 7) is 0. The predicted octanol–water partition coefficient (Wildman–Crippen LogP) is 4.52. The number of hydrogen-bond acceptors (Lipinski definition) is 2. The van der Waals surface area contributed by atoms with E-state index in [1.807, 2.05) is 30.3 Å². The van der Waals surface area contributed by atoms with Gasteiger partial charge in [0.15, 0.2) is 11.6 Å². The highest BCUT2D eigenvalue weighted by Crippen LogP contribution is 2.19. The molecule has 0 spiro atoms. The molecule has 1 N–H and O–H groups in total. The van der Waals surface area contributed by atoms with E-state index in [0.29, 0.717) is 22.3 Å². The lowest BCUT2D eigenvalue weighted by Crippen LogP contribution is -2.09. The molecule has 0 fully saturated rings. The Balaban J connectivity index is 1.79. The first-order chi connectivity index (χ1) is 12.1. The van der Waals surface area contributed by atoms with Gasteiger partial charge in [-0.05, 0) is 46.7 Å². The third-order valence-electron chi connectivity index (χ3n) is 3.97. The van der Waals surface area contributed by atoms with Crippen molar-refractivity contribution in [2.45, 2.75) is 0 Å². The van der Waals surface area contributed by atoms with E-state index in [0.717, 1.165) is 22.9 Å². The first-order valence-corrected chi connectivity index (χ1v) is 7.66. The fourth-order valence-corrected chi connectivity index (χ4v) is 2.71. The lowest BCUT2D eigenvalue weighted by Gasteiger charge is -2.02. The topological polar surface area (TPSA) is 45.8 Å². The van der Waals surface area contributed by atoms with Gasteiger partial charge < -0.3 is 4.98 Å². The van der Waals surface area contributed by atoms with Crippen LogP contribution in [0.1, 0.15) is 11.4 Å². The second-order valence-electron chi connectivity index (χ2n) is 5.67. The Morgan fingerprint density at radius 3 is 2.40 bits per heavy atom. The first-order valence-electron chi connectivity index (χ1n) is 7.66. The Morgan fingerprint density at radius 2 is 1.64 bits per heavy atom. The second-order valence-corrected chi connectivity index (χ2v) is 5.67. The largest absolute Gasteiger partial charge is 0.306 e. The van der Waals surface area contributed by atoms with Crippen LogP contribution < -0.4 is 5.56 Å². The van der Waals surface area contributed by atoms with Gasteiger partial charge in [-0.25, -0.2) is 13.8 Å². The molecule has 1 aromatic heterocycles. The molecule has 0 saturated carbocycles. The van der Waals surface area contributed by atoms with Gasteiger partial charge in [-0.3, -0.25) is 4.79 Å². The van der Waals surface area contributed by atoms with E-state index < -0.39 is 11.6 Å². The summed E-state index contributed by atoms with van der Waals surface area (Å²) in [6.07, 6.45) is 3.12. The minimum absolute atomic E-state index is 0.249. The van der Waals surface area contributed by atoms with E-state index in [-0.39, 0.29) is 5.56 Å². The maximum atomic E-state index is 13.2. The van der Waals surface area contributed by atoms with Crippen LogP contribution in [0.3, 0.4) is 0 Å². The van der Waals surface area contributed by atoms with Gasteiger partial charge in [0.1, 0.15) is 5.82 Å². The standard InChI is InChI=1S/C20H12F2N2O/c21-16-7-5-12(9-17(16)22)6-8-19-23-18-11-14-4-2-1-3-13(14)10-15(18)20(25)24-19/h1-11H,(H,23,24,25). The van der Waals surface area contributed by atoms with Crippen LogP contribution in [0.25, 0.3) is 33.8 Å². The Morgan fingerprint density at radius 1 is 0.880 bits per heavy atom. The number of aromatic nitrogens is 2. The average molecular weight is 334 g/mol. The van der Waals surface area contributed by atoms with Gasteiger partial charge in [0.25, 0.3) is 5.56 Å². The summed E-state index contributed by atoms with van der Waals surface area (Å²) in [4.78, 5) is 19.4. The number of nitrogens with one attached hydrogen (secondary N) is 1. The van der Waals surface area contributed by atoms with Crippen LogP contribution in [0.5, 0.6) is 0 Å². The number of hydrogen-bond donors (Lipinski definition) is 1. The quantitative estimate of drug-likeness (QED) is 0.548. The maximum Gasteiger partial charge on any atom is 0.259 e. The fourth-order valence-electron chi connectivity index (χ4n) is 2.71. The molecule has 4 rings (SSSR count). The molecular weight excluding hydrogens is 322 g/mol. The molecule has 0 aliphatic carbocycles. The lowest BCUT2D eigenvalue weighted by molar-refractivity contribution is 0.508. The highest BCUT2D eigenvalue weighted by Gasteiger charge is 2.05. The summed E-state index contributed by atoms with van der Waals surface area (Å²) >= 11 is 0. The smallest absolute Gasteiger partial charge is 0.259 e. The van der Waals surface area contributed by atoms with Gasteiger partial charge in [-0.2, -0.15) is 0 Å². The van der Waals surface area contributed by atoms with Crippen molar-refractivity contribution < 1.29 is 8.78 Å². The Bertz CT molecular complexity index is 1200. The molecule has 0 bridgehead atoms. The van der Waals surface area contributed by atoms with E-state index in [9.17, 15) is 13.6 Å². The van der Waals surface area contributed by atoms with Crippen molar-refractivity contribution in [2.75, 3.05) is 0 Å². The second kappa shape index (κ2) is 5.94. The number of nitrogens with zero attached hydrogens (tertiary/aromatic N) is 1. The van der Waals surface area contributed by atoms with Crippen molar-refractivity contribution in [3.63, 3.8) is 0 Å². The highest BCUT2D eigenvalue weighted by atomic mass is 19.2. The van der Waals surface area contributed by atoms with Gasteiger partial charge in [-0.1, -0.05) is 36.4 Å². The summed E-state index contributed by atoms with van der Waals surface area (Å²) in [6, 6.07) is 15.0. The summed E-state index contributed by atoms with van der Waals surface area (Å²) in [5.41, 5.74) is 0.799. The number of benzene rings is 3. The molecule has 0 radical (unpaired) electrons. The molecule has 0 saturated heterocycles. The molecule has 0 atom stereocenters. The fraction of sp³-hybridized carbons (Fsp3) is 0. The zero-order valence-corrected chi connectivity index (χ0v) is 13.0. The number of H-pyrrole nitrogens is 1. The molecular formula is C20H12F2N2O. The normalized spacial score (nSPS) is 11.6. The Hall–Kier alpha value is -3.34. The molecule has 3 nitrogen and oxygen atoms in total. The molecule has 0 unspecified atom stereocenters. The van der Waals surface area contributed by atoms with Crippen molar-refractivity contribution in [1.29, 1.82) is 0 Å². The Kier molecular flexibility index (Phi) is 3.61. The van der Waals surface area contributed by atoms with Crippen LogP contribution in [0.4, 0.5) is 8.78 Å². The molecule has 0 aliphatic heterocycles. The number of halogens is 2. The number of rotatable bonds is 2. The van der Waals surface area contributed by atoms with E-state index >= 15 is 0 Å². The van der Waals surface area contributed by atoms with Gasteiger partial charge in [0.05, 0.1) is 10.9 Å². The Labute approximate surface area is 141 Å². The lowest BCUT2D eigenvalue weighted by atomic mass is 10.1. The van der Waals surface area contributed by atoms with E-state index in [4.69, 9.17) is 0 Å². The van der Waals surface area contributed by atoms with Gasteiger partial charge >= 0.3 is 0 Å². The molecule has 0 aliphatic rings. The number of aromatic amines is 1. The molecule has 25 heavy (non-hydrogen) atoms. The maximum absolute atomic E-state index is 13.2. The van der Waals surface area contributed by atoms with E-state index in [1.165, 1.54) is 6.07 Å². The third-order valence-corrected chi connectivity index (χ3v) is 3.97. The zero-order valence-electron chi connectivity index (χ0n) is 13.0. The summed E-state index contributed by atoms with van der Waals surface area (Å²) < 4.78 is 26.2. The zero-order chi connectivity index (χ0) is 17.4. The van der Waals surface area contributed by atoms with Crippen LogP contribution in [-0.2, 0) is 0 Å². The molecule has 3 aromatic carbocycles. The predicted molar refractivity (Wildman–Crippen MR) is 95.2 cm³/mol. The summed E-state index contributed by atoms with van der Waals surface area (Å²) in [7, 11) is 0. The minimum Gasteiger partial charge on any atom is -0.306 e. The van der Waals surface area contributed by atoms with Gasteiger partial charge in [0.2, 0.25) is 0 Å². The molecule has 122 valence electrons. The highest BCUT2D eigenvalue weighted by molar-refractivity contribution is 5.96. The molecule has 5 heteroatoms.